The molecule has 1 aliphatic heterocycles. The first-order valence-electron chi connectivity index (χ1n) is 8.39. The van der Waals surface area contributed by atoms with Gasteiger partial charge in [0, 0.05) is 23.7 Å². The van der Waals surface area contributed by atoms with E-state index in [0.29, 0.717) is 6.42 Å². The van der Waals surface area contributed by atoms with E-state index < -0.39 is 0 Å². The number of carbonyl (C=O) groups excluding carboxylic acids is 1. The molecule has 1 saturated heterocycles. The Labute approximate surface area is 140 Å². The number of rotatable bonds is 5. The van der Waals surface area contributed by atoms with Crippen LogP contribution in [0.15, 0.2) is 47.2 Å². The van der Waals surface area contributed by atoms with Crippen LogP contribution in [0, 0.1) is 0 Å². The number of benzene rings is 1. The van der Waals surface area contributed by atoms with Crippen LogP contribution in [0.5, 0.6) is 0 Å². The quantitative estimate of drug-likeness (QED) is 0.758. The summed E-state index contributed by atoms with van der Waals surface area (Å²) in [5.74, 6) is 0.526. The van der Waals surface area contributed by atoms with Gasteiger partial charge < -0.3 is 15.1 Å². The zero-order valence-corrected chi connectivity index (χ0v) is 13.5. The largest absolute Gasteiger partial charge is 0.469 e. The van der Waals surface area contributed by atoms with Crippen molar-refractivity contribution >= 4 is 16.8 Å². The number of nitrogens with two attached hydrogens (primary N) is 1. The van der Waals surface area contributed by atoms with Crippen LogP contribution in [0.3, 0.4) is 0 Å². The fourth-order valence-electron chi connectivity index (χ4n) is 3.53. The van der Waals surface area contributed by atoms with Crippen molar-refractivity contribution in [2.75, 3.05) is 13.1 Å². The van der Waals surface area contributed by atoms with Gasteiger partial charge in [0.25, 0.3) is 0 Å². The highest BCUT2D eigenvalue weighted by atomic mass is 16.3. The Kier molecular flexibility index (Phi) is 3.86. The molecule has 0 bridgehead atoms. The smallest absolute Gasteiger partial charge is 0.235 e. The van der Waals surface area contributed by atoms with Crippen LogP contribution < -0.4 is 5.73 Å². The second-order valence-corrected chi connectivity index (χ2v) is 6.45. The molecule has 0 spiro atoms. The number of amides is 1. The van der Waals surface area contributed by atoms with Gasteiger partial charge >= 0.3 is 0 Å². The second kappa shape index (κ2) is 6.17. The summed E-state index contributed by atoms with van der Waals surface area (Å²) in [6.07, 6.45) is 6.48. The predicted molar refractivity (Wildman–Crippen MR) is 93.5 cm³/mol. The fraction of sp³-hybridized carbons (Fsp3) is 0.316. The molecule has 1 amide bonds. The Morgan fingerprint density at radius 1 is 1.21 bits per heavy atom. The maximum absolute atomic E-state index is 11.8. The Balaban J connectivity index is 1.56. The summed E-state index contributed by atoms with van der Waals surface area (Å²) in [7, 11) is 0. The number of hydrogen-bond donors (Lipinski definition) is 2. The van der Waals surface area contributed by atoms with Gasteiger partial charge in [-0.25, -0.2) is 0 Å². The number of nitrogens with one attached hydrogen (secondary N) is 1. The summed E-state index contributed by atoms with van der Waals surface area (Å²) in [5.41, 5.74) is 8.85. The van der Waals surface area contributed by atoms with Gasteiger partial charge in [-0.1, -0.05) is 6.07 Å². The SMILES string of the molecule is NC(=O)C(Cc1cc(-c2ccc3[nH]ccc3c2)co1)N1CCCC1. The lowest BCUT2D eigenvalue weighted by atomic mass is 10.1. The third-order valence-corrected chi connectivity index (χ3v) is 4.84. The zero-order chi connectivity index (χ0) is 16.5. The Morgan fingerprint density at radius 2 is 2.04 bits per heavy atom. The maximum Gasteiger partial charge on any atom is 0.235 e. The van der Waals surface area contributed by atoms with Crippen molar-refractivity contribution in [3.05, 3.63) is 48.6 Å². The first kappa shape index (κ1) is 15.0. The van der Waals surface area contributed by atoms with Gasteiger partial charge in [0.15, 0.2) is 0 Å². The molecule has 3 aromatic rings. The minimum atomic E-state index is -0.279. The number of nitrogens with zero attached hydrogens (tertiary/aromatic N) is 1. The molecule has 1 fully saturated rings. The Hall–Kier alpha value is -2.53. The lowest BCUT2D eigenvalue weighted by Gasteiger charge is -2.23. The van der Waals surface area contributed by atoms with Gasteiger partial charge in [-0.3, -0.25) is 9.69 Å². The number of carbonyl (C=O) groups is 1. The Morgan fingerprint density at radius 3 is 2.83 bits per heavy atom. The Bertz CT molecular complexity index is 858. The van der Waals surface area contributed by atoms with Crippen LogP contribution in [-0.4, -0.2) is 34.9 Å². The van der Waals surface area contributed by atoms with Gasteiger partial charge in [0.2, 0.25) is 5.91 Å². The predicted octanol–water partition coefficient (Wildman–Crippen LogP) is 2.92. The van der Waals surface area contributed by atoms with Crippen molar-refractivity contribution in [2.24, 2.45) is 5.73 Å². The van der Waals surface area contributed by atoms with E-state index in [0.717, 1.165) is 48.3 Å². The van der Waals surface area contributed by atoms with Crippen LogP contribution in [0.1, 0.15) is 18.6 Å². The minimum absolute atomic E-state index is 0.274. The summed E-state index contributed by atoms with van der Waals surface area (Å²) < 4.78 is 5.71. The van der Waals surface area contributed by atoms with Gasteiger partial charge in [-0.2, -0.15) is 0 Å². The van der Waals surface area contributed by atoms with Gasteiger partial charge in [-0.15, -0.1) is 0 Å². The van der Waals surface area contributed by atoms with Crippen molar-refractivity contribution in [1.29, 1.82) is 0 Å². The number of aromatic nitrogens is 1. The summed E-state index contributed by atoms with van der Waals surface area (Å²) >= 11 is 0. The topological polar surface area (TPSA) is 75.3 Å². The molecule has 1 aromatic carbocycles. The number of primary amides is 1. The van der Waals surface area contributed by atoms with Crippen LogP contribution in [0.25, 0.3) is 22.0 Å². The van der Waals surface area contributed by atoms with E-state index >= 15 is 0 Å². The highest BCUT2D eigenvalue weighted by molar-refractivity contribution is 5.85. The zero-order valence-electron chi connectivity index (χ0n) is 13.5. The van der Waals surface area contributed by atoms with E-state index in [9.17, 15) is 4.79 Å². The summed E-state index contributed by atoms with van der Waals surface area (Å²) in [6, 6.07) is 10.1. The summed E-state index contributed by atoms with van der Waals surface area (Å²) in [5, 5.41) is 1.17. The van der Waals surface area contributed by atoms with Crippen molar-refractivity contribution in [3.63, 3.8) is 0 Å². The van der Waals surface area contributed by atoms with Gasteiger partial charge in [-0.05, 0) is 61.1 Å². The molecule has 2 aromatic heterocycles. The normalized spacial score (nSPS) is 16.7. The number of fused-ring (bicyclic) bond motifs is 1. The van der Waals surface area contributed by atoms with E-state index in [1.165, 1.54) is 5.39 Å². The molecule has 124 valence electrons. The van der Waals surface area contributed by atoms with Crippen molar-refractivity contribution in [2.45, 2.75) is 25.3 Å². The number of furan rings is 1. The number of H-pyrrole nitrogens is 1. The van der Waals surface area contributed by atoms with E-state index in [1.54, 1.807) is 6.26 Å². The maximum atomic E-state index is 11.8. The monoisotopic (exact) mass is 323 g/mol. The molecule has 24 heavy (non-hydrogen) atoms. The highest BCUT2D eigenvalue weighted by Crippen LogP contribution is 2.27. The molecule has 0 saturated carbocycles. The molecule has 1 atom stereocenters. The van der Waals surface area contributed by atoms with Crippen molar-refractivity contribution in [3.8, 4) is 11.1 Å². The van der Waals surface area contributed by atoms with E-state index in [4.69, 9.17) is 10.2 Å². The first-order valence-corrected chi connectivity index (χ1v) is 8.39. The van der Waals surface area contributed by atoms with Crippen LogP contribution >= 0.6 is 0 Å². The lowest BCUT2D eigenvalue weighted by Crippen LogP contribution is -2.44. The average molecular weight is 323 g/mol. The molecule has 3 heterocycles. The molecule has 1 aliphatic rings. The number of likely N-dealkylation sites (tertiary alicyclic amines) is 1. The molecule has 4 rings (SSSR count). The molecule has 5 nitrogen and oxygen atoms in total. The van der Waals surface area contributed by atoms with Crippen molar-refractivity contribution in [1.82, 2.24) is 9.88 Å². The van der Waals surface area contributed by atoms with Gasteiger partial charge in [0.05, 0.1) is 12.3 Å². The third-order valence-electron chi connectivity index (χ3n) is 4.84. The fourth-order valence-corrected chi connectivity index (χ4v) is 3.53. The van der Waals surface area contributed by atoms with Crippen molar-refractivity contribution < 1.29 is 9.21 Å². The molecular weight excluding hydrogens is 302 g/mol. The van der Waals surface area contributed by atoms with Crippen LogP contribution in [-0.2, 0) is 11.2 Å². The molecule has 0 radical (unpaired) electrons. The number of hydrogen-bond acceptors (Lipinski definition) is 3. The molecule has 3 N–H and O–H groups in total. The van der Waals surface area contributed by atoms with Crippen LogP contribution in [0.4, 0.5) is 0 Å². The van der Waals surface area contributed by atoms with E-state index in [1.807, 2.05) is 12.3 Å². The van der Waals surface area contributed by atoms with E-state index in [-0.39, 0.29) is 11.9 Å². The first-order chi connectivity index (χ1) is 11.7. The number of aromatic amines is 1. The summed E-state index contributed by atoms with van der Waals surface area (Å²) in [4.78, 5) is 17.2. The molecular formula is C19H21N3O2. The van der Waals surface area contributed by atoms with Gasteiger partial charge in [0.1, 0.15) is 5.76 Å². The minimum Gasteiger partial charge on any atom is -0.469 e. The molecule has 1 unspecified atom stereocenters. The lowest BCUT2D eigenvalue weighted by molar-refractivity contribution is -0.123. The molecule has 5 heteroatoms. The average Bonchev–Trinajstić information content (AvgIpc) is 3.31. The van der Waals surface area contributed by atoms with Crippen LogP contribution in [0.2, 0.25) is 0 Å². The molecule has 0 aliphatic carbocycles. The second-order valence-electron chi connectivity index (χ2n) is 6.45. The highest BCUT2D eigenvalue weighted by Gasteiger charge is 2.27. The summed E-state index contributed by atoms with van der Waals surface area (Å²) in [6.45, 7) is 1.87. The van der Waals surface area contributed by atoms with E-state index in [2.05, 4.69) is 34.1 Å². The standard InChI is InChI=1S/C19H21N3O2/c20-19(23)18(22-7-1-2-8-22)11-16-10-15(12-24-16)13-3-4-17-14(9-13)5-6-21-17/h3-6,9-10,12,18,21H,1-2,7-8,11H2,(H2,20,23). The third kappa shape index (κ3) is 2.83.